The first-order valence-electron chi connectivity index (χ1n) is 7.06. The molecule has 1 N–H and O–H groups in total. The van der Waals surface area contributed by atoms with Crippen molar-refractivity contribution >= 4 is 48.5 Å². The van der Waals surface area contributed by atoms with E-state index in [1.54, 1.807) is 11.3 Å². The fraction of sp³-hybridized carbons (Fsp3) is 0.467. The Morgan fingerprint density at radius 1 is 1.35 bits per heavy atom. The quantitative estimate of drug-likeness (QED) is 0.870. The van der Waals surface area contributed by atoms with E-state index in [2.05, 4.69) is 26.2 Å². The smallest absolute Gasteiger partial charge is 0.229 e. The highest BCUT2D eigenvalue weighted by Gasteiger charge is 2.43. The van der Waals surface area contributed by atoms with Crippen molar-refractivity contribution in [2.75, 3.05) is 5.32 Å². The van der Waals surface area contributed by atoms with Crippen LogP contribution in [0.3, 0.4) is 0 Å². The lowest BCUT2D eigenvalue weighted by atomic mass is 9.88. The van der Waals surface area contributed by atoms with Crippen LogP contribution >= 0.6 is 27.3 Å². The molecule has 1 aromatic carbocycles. The van der Waals surface area contributed by atoms with E-state index in [0.717, 1.165) is 32.2 Å². The minimum Gasteiger partial charge on any atom is -0.302 e. The Morgan fingerprint density at radius 3 is 3.00 bits per heavy atom. The molecule has 5 heteroatoms. The Kier molecular flexibility index (Phi) is 3.07. The number of anilines is 1. The Bertz CT molecular complexity index is 684. The lowest BCUT2D eigenvalue weighted by molar-refractivity contribution is -0.121. The van der Waals surface area contributed by atoms with E-state index in [1.165, 1.54) is 19.3 Å². The van der Waals surface area contributed by atoms with Crippen LogP contribution in [0, 0.1) is 17.8 Å². The van der Waals surface area contributed by atoms with E-state index in [1.807, 2.05) is 18.2 Å². The average molecular weight is 351 g/mol. The highest BCUT2D eigenvalue weighted by atomic mass is 79.9. The van der Waals surface area contributed by atoms with Crippen molar-refractivity contribution in [1.82, 2.24) is 4.98 Å². The van der Waals surface area contributed by atoms with E-state index >= 15 is 0 Å². The third kappa shape index (κ3) is 2.17. The Morgan fingerprint density at radius 2 is 2.25 bits per heavy atom. The van der Waals surface area contributed by atoms with Crippen molar-refractivity contribution in [1.29, 1.82) is 0 Å². The zero-order valence-corrected chi connectivity index (χ0v) is 13.3. The van der Waals surface area contributed by atoms with Gasteiger partial charge < -0.3 is 5.32 Å². The van der Waals surface area contributed by atoms with E-state index in [-0.39, 0.29) is 11.8 Å². The second kappa shape index (κ2) is 4.81. The summed E-state index contributed by atoms with van der Waals surface area (Å²) in [4.78, 5) is 16.9. The molecule has 3 atom stereocenters. The first kappa shape index (κ1) is 12.8. The Labute approximate surface area is 129 Å². The van der Waals surface area contributed by atoms with Crippen LogP contribution in [-0.2, 0) is 4.79 Å². The van der Waals surface area contributed by atoms with Gasteiger partial charge in [0.15, 0.2) is 5.13 Å². The van der Waals surface area contributed by atoms with Crippen LogP contribution in [0.4, 0.5) is 5.13 Å². The molecule has 2 aromatic rings. The number of carbonyl (C=O) groups excluding carboxylic acids is 1. The zero-order chi connectivity index (χ0) is 13.7. The number of rotatable bonds is 2. The molecule has 1 aromatic heterocycles. The number of benzene rings is 1. The molecule has 20 heavy (non-hydrogen) atoms. The molecule has 0 spiro atoms. The summed E-state index contributed by atoms with van der Waals surface area (Å²) in [5.41, 5.74) is 0.946. The molecule has 3 nitrogen and oxygen atoms in total. The maximum atomic E-state index is 12.4. The summed E-state index contributed by atoms with van der Waals surface area (Å²) >= 11 is 5.01. The minimum atomic E-state index is 0.176. The standard InChI is InChI=1S/C15H15BrN2OS/c16-10-3-4-12-13(7-10)20-15(17-12)18-14(19)11-6-8-1-2-9(11)5-8/h3-4,7-9,11H,1-2,5-6H2,(H,17,18,19)/t8-,9-,11+/m1/s1. The van der Waals surface area contributed by atoms with Crippen LogP contribution in [0.1, 0.15) is 25.7 Å². The van der Waals surface area contributed by atoms with Crippen molar-refractivity contribution in [2.24, 2.45) is 17.8 Å². The minimum absolute atomic E-state index is 0.176. The summed E-state index contributed by atoms with van der Waals surface area (Å²) in [7, 11) is 0. The maximum Gasteiger partial charge on any atom is 0.229 e. The highest BCUT2D eigenvalue weighted by molar-refractivity contribution is 9.10. The van der Waals surface area contributed by atoms with Gasteiger partial charge in [-0.2, -0.15) is 0 Å². The first-order chi connectivity index (χ1) is 9.69. The summed E-state index contributed by atoms with van der Waals surface area (Å²) in [5, 5.41) is 3.76. The number of nitrogens with zero attached hydrogens (tertiary/aromatic N) is 1. The molecule has 0 unspecified atom stereocenters. The molecule has 1 amide bonds. The SMILES string of the molecule is O=C(Nc1nc2ccc(Br)cc2s1)[C@H]1C[C@@H]2CC[C@@H]1C2. The number of fused-ring (bicyclic) bond motifs is 3. The van der Waals surface area contributed by atoms with Crippen molar-refractivity contribution in [2.45, 2.75) is 25.7 Å². The number of halogens is 1. The molecule has 0 saturated heterocycles. The molecule has 2 bridgehead atoms. The van der Waals surface area contributed by atoms with Gasteiger partial charge in [-0.05, 0) is 49.3 Å². The van der Waals surface area contributed by atoms with Gasteiger partial charge in [0.2, 0.25) is 5.91 Å². The topological polar surface area (TPSA) is 42.0 Å². The van der Waals surface area contributed by atoms with E-state index < -0.39 is 0 Å². The van der Waals surface area contributed by atoms with Gasteiger partial charge in [-0.25, -0.2) is 4.98 Å². The predicted octanol–water partition coefficient (Wildman–Crippen LogP) is 4.43. The van der Waals surface area contributed by atoms with Crippen LogP contribution in [-0.4, -0.2) is 10.9 Å². The van der Waals surface area contributed by atoms with Crippen molar-refractivity contribution in [3.8, 4) is 0 Å². The van der Waals surface area contributed by atoms with Crippen molar-refractivity contribution in [3.05, 3.63) is 22.7 Å². The summed E-state index contributed by atoms with van der Waals surface area (Å²) in [6.45, 7) is 0. The van der Waals surface area contributed by atoms with Gasteiger partial charge in [0.25, 0.3) is 0 Å². The molecule has 2 fully saturated rings. The maximum absolute atomic E-state index is 12.4. The second-order valence-electron chi connectivity index (χ2n) is 5.90. The predicted molar refractivity (Wildman–Crippen MR) is 84.9 cm³/mol. The van der Waals surface area contributed by atoms with Gasteiger partial charge in [0.05, 0.1) is 10.2 Å². The van der Waals surface area contributed by atoms with Gasteiger partial charge >= 0.3 is 0 Å². The van der Waals surface area contributed by atoms with Crippen LogP contribution in [0.2, 0.25) is 0 Å². The largest absolute Gasteiger partial charge is 0.302 e. The zero-order valence-electron chi connectivity index (χ0n) is 10.9. The normalized spacial score (nSPS) is 28.1. The first-order valence-corrected chi connectivity index (χ1v) is 8.67. The molecule has 4 rings (SSSR count). The number of hydrogen-bond donors (Lipinski definition) is 1. The van der Waals surface area contributed by atoms with E-state index in [4.69, 9.17) is 0 Å². The van der Waals surface area contributed by atoms with Gasteiger partial charge in [-0.3, -0.25) is 4.79 Å². The van der Waals surface area contributed by atoms with Crippen LogP contribution in [0.15, 0.2) is 22.7 Å². The van der Waals surface area contributed by atoms with Gasteiger partial charge in [0.1, 0.15) is 0 Å². The molecule has 2 aliphatic carbocycles. The molecule has 0 radical (unpaired) electrons. The van der Waals surface area contributed by atoms with Crippen LogP contribution in [0.25, 0.3) is 10.2 Å². The monoisotopic (exact) mass is 350 g/mol. The number of nitrogens with one attached hydrogen (secondary N) is 1. The van der Waals surface area contributed by atoms with Gasteiger partial charge in [0, 0.05) is 10.4 Å². The third-order valence-electron chi connectivity index (χ3n) is 4.66. The molecular formula is C15H15BrN2OS. The number of amides is 1. The van der Waals surface area contributed by atoms with Crippen LogP contribution < -0.4 is 5.32 Å². The number of hydrogen-bond acceptors (Lipinski definition) is 3. The lowest BCUT2D eigenvalue weighted by Crippen LogP contribution is -2.27. The third-order valence-corrected chi connectivity index (χ3v) is 6.08. The number of aromatic nitrogens is 1. The van der Waals surface area contributed by atoms with Crippen molar-refractivity contribution < 1.29 is 4.79 Å². The molecule has 0 aliphatic heterocycles. The molecule has 104 valence electrons. The van der Waals surface area contributed by atoms with Gasteiger partial charge in [-0.1, -0.05) is 33.7 Å². The highest BCUT2D eigenvalue weighted by Crippen LogP contribution is 2.48. The number of thiazole rings is 1. The van der Waals surface area contributed by atoms with Crippen LogP contribution in [0.5, 0.6) is 0 Å². The average Bonchev–Trinajstić information content (AvgIpc) is 3.11. The molecule has 1 heterocycles. The summed E-state index contributed by atoms with van der Waals surface area (Å²) < 4.78 is 2.14. The fourth-order valence-electron chi connectivity index (χ4n) is 3.72. The second-order valence-corrected chi connectivity index (χ2v) is 7.85. The Balaban J connectivity index is 1.53. The summed E-state index contributed by atoms with van der Waals surface area (Å²) in [6.07, 6.45) is 4.89. The lowest BCUT2D eigenvalue weighted by Gasteiger charge is -2.19. The fourth-order valence-corrected chi connectivity index (χ4v) is 5.14. The van der Waals surface area contributed by atoms with E-state index in [9.17, 15) is 4.79 Å². The van der Waals surface area contributed by atoms with E-state index in [0.29, 0.717) is 5.92 Å². The Hall–Kier alpha value is -0.940. The number of carbonyl (C=O) groups is 1. The molecule has 2 aliphatic rings. The summed E-state index contributed by atoms with van der Waals surface area (Å²) in [6, 6.07) is 5.99. The molecule has 2 saturated carbocycles. The van der Waals surface area contributed by atoms with Crippen molar-refractivity contribution in [3.63, 3.8) is 0 Å². The van der Waals surface area contributed by atoms with Gasteiger partial charge in [-0.15, -0.1) is 0 Å². The molecular weight excluding hydrogens is 336 g/mol. The summed E-state index contributed by atoms with van der Waals surface area (Å²) in [5.74, 6) is 1.80.